The van der Waals surface area contributed by atoms with Crippen molar-refractivity contribution in [1.29, 1.82) is 0 Å². The Morgan fingerprint density at radius 1 is 0.837 bits per heavy atom. The van der Waals surface area contributed by atoms with Crippen molar-refractivity contribution in [1.82, 2.24) is 20.9 Å². The van der Waals surface area contributed by atoms with E-state index in [4.69, 9.17) is 5.73 Å². The van der Waals surface area contributed by atoms with E-state index in [1.165, 1.54) is 67.4 Å². The molecule has 9 heteroatoms. The number of ketones is 1. The van der Waals surface area contributed by atoms with Crippen LogP contribution in [0, 0.1) is 0 Å². The van der Waals surface area contributed by atoms with Crippen molar-refractivity contribution in [3.05, 3.63) is 59.7 Å². The minimum atomic E-state index is -0.0319. The summed E-state index contributed by atoms with van der Waals surface area (Å²) in [7, 11) is 4.29. The molecular formula is C40H64N6O2S. The zero-order valence-electron chi connectivity index (χ0n) is 30.4. The Bertz CT molecular complexity index is 1210. The second kappa shape index (κ2) is 22.3. The topological polar surface area (TPSA) is 103 Å². The summed E-state index contributed by atoms with van der Waals surface area (Å²) in [5, 5.41) is 9.87. The third kappa shape index (κ3) is 13.6. The normalized spacial score (nSPS) is 19.3. The van der Waals surface area contributed by atoms with Gasteiger partial charge in [-0.2, -0.15) is 11.8 Å². The Hall–Kier alpha value is -2.59. The lowest BCUT2D eigenvalue weighted by Gasteiger charge is -2.27. The minimum Gasteiger partial charge on any atom is -0.341 e. The fourth-order valence-corrected chi connectivity index (χ4v) is 8.78. The number of benzene rings is 2. The molecular weight excluding hydrogens is 629 g/mol. The fraction of sp³-hybridized carbons (Fsp3) is 0.650. The van der Waals surface area contributed by atoms with E-state index >= 15 is 0 Å². The molecule has 0 aromatic heterocycles. The van der Waals surface area contributed by atoms with Crippen molar-refractivity contribution in [3.8, 4) is 0 Å². The van der Waals surface area contributed by atoms with E-state index in [0.717, 1.165) is 83.4 Å². The molecule has 5 N–H and O–H groups in total. The number of anilines is 2. The number of carbonyl (C=O) groups excluding carboxylic acids is 2. The van der Waals surface area contributed by atoms with Crippen LogP contribution in [-0.2, 0) is 17.6 Å². The van der Waals surface area contributed by atoms with E-state index in [-0.39, 0.29) is 18.1 Å². The molecule has 0 unspecified atom stereocenters. The van der Waals surface area contributed by atoms with Gasteiger partial charge in [0.15, 0.2) is 0 Å². The Labute approximate surface area is 301 Å². The number of urea groups is 1. The van der Waals surface area contributed by atoms with Gasteiger partial charge in [0.25, 0.3) is 0 Å². The van der Waals surface area contributed by atoms with Crippen LogP contribution in [0.1, 0.15) is 94.6 Å². The van der Waals surface area contributed by atoms with Gasteiger partial charge in [-0.05, 0) is 115 Å². The molecule has 0 bridgehead atoms. The summed E-state index contributed by atoms with van der Waals surface area (Å²) in [6.07, 6.45) is 16.6. The van der Waals surface area contributed by atoms with Crippen LogP contribution in [0.3, 0.4) is 0 Å². The number of unbranched alkanes of at least 4 members (excludes halogenated alkanes) is 6. The van der Waals surface area contributed by atoms with Crippen molar-refractivity contribution in [2.24, 2.45) is 5.73 Å². The maximum absolute atomic E-state index is 12.1. The maximum Gasteiger partial charge on any atom is 0.315 e. The third-order valence-corrected chi connectivity index (χ3v) is 11.5. The van der Waals surface area contributed by atoms with Gasteiger partial charge in [-0.3, -0.25) is 4.79 Å². The summed E-state index contributed by atoms with van der Waals surface area (Å²) in [4.78, 5) is 28.2. The number of para-hydroxylation sites is 2. The summed E-state index contributed by atoms with van der Waals surface area (Å²) >= 11 is 1.93. The van der Waals surface area contributed by atoms with Crippen molar-refractivity contribution in [2.45, 2.75) is 114 Å². The van der Waals surface area contributed by atoms with Gasteiger partial charge >= 0.3 is 6.03 Å². The number of thioether (sulfide) groups is 1. The van der Waals surface area contributed by atoms with Crippen LogP contribution in [-0.4, -0.2) is 86.6 Å². The number of nitrogens with two attached hydrogens (primary N) is 1. The van der Waals surface area contributed by atoms with E-state index in [0.29, 0.717) is 17.5 Å². The van der Waals surface area contributed by atoms with Gasteiger partial charge in [-0.1, -0.05) is 68.5 Å². The molecule has 0 aliphatic carbocycles. The van der Waals surface area contributed by atoms with Gasteiger partial charge in [0.2, 0.25) is 0 Å². The molecule has 8 nitrogen and oxygen atoms in total. The molecule has 2 fully saturated rings. The van der Waals surface area contributed by atoms with E-state index in [1.807, 2.05) is 11.8 Å². The van der Waals surface area contributed by atoms with Crippen LogP contribution in [0.4, 0.5) is 16.2 Å². The summed E-state index contributed by atoms with van der Waals surface area (Å²) in [5.74, 6) is 1.41. The number of nitrogens with zero attached hydrogens (tertiary/aromatic N) is 2. The van der Waals surface area contributed by atoms with Crippen LogP contribution < -0.4 is 26.6 Å². The lowest BCUT2D eigenvalue weighted by molar-refractivity contribution is -0.119. The zero-order chi connectivity index (χ0) is 34.7. The maximum atomic E-state index is 12.1. The summed E-state index contributed by atoms with van der Waals surface area (Å²) < 4.78 is 0. The van der Waals surface area contributed by atoms with Gasteiger partial charge in [0.05, 0.1) is 12.1 Å². The highest BCUT2D eigenvalue weighted by Crippen LogP contribution is 2.36. The molecule has 3 aliphatic rings. The molecule has 3 atom stereocenters. The first-order valence-corrected chi connectivity index (χ1v) is 20.2. The molecule has 0 radical (unpaired) electrons. The van der Waals surface area contributed by atoms with Crippen molar-refractivity contribution in [2.75, 3.05) is 57.5 Å². The van der Waals surface area contributed by atoms with Gasteiger partial charge in [-0.15, -0.1) is 0 Å². The number of Topliss-reactive ketones (excluding diaryl/α,β-unsaturated/α-hetero) is 1. The summed E-state index contributed by atoms with van der Waals surface area (Å²) in [6.45, 7) is 5.12. The molecule has 3 heterocycles. The highest BCUT2D eigenvalue weighted by atomic mass is 32.2. The second-order valence-corrected chi connectivity index (χ2v) is 15.5. The molecule has 2 amide bonds. The molecule has 2 saturated heterocycles. The van der Waals surface area contributed by atoms with Crippen LogP contribution in [0.25, 0.3) is 0 Å². The molecule has 272 valence electrons. The van der Waals surface area contributed by atoms with E-state index in [9.17, 15) is 9.59 Å². The first-order chi connectivity index (χ1) is 24.0. The average molecular weight is 693 g/mol. The number of hydrogen-bond acceptors (Lipinski definition) is 7. The Morgan fingerprint density at radius 3 is 2.12 bits per heavy atom. The van der Waals surface area contributed by atoms with Crippen LogP contribution >= 0.6 is 11.8 Å². The Kier molecular flexibility index (Phi) is 17.8. The fourth-order valence-electron chi connectivity index (χ4n) is 7.23. The van der Waals surface area contributed by atoms with Crippen LogP contribution in [0.2, 0.25) is 0 Å². The first-order valence-electron chi connectivity index (χ1n) is 19.2. The average Bonchev–Trinajstić information content (AvgIpc) is 3.61. The van der Waals surface area contributed by atoms with Crippen LogP contribution in [0.15, 0.2) is 48.5 Å². The lowest BCUT2D eigenvalue weighted by Crippen LogP contribution is -2.36. The molecule has 3 aliphatic heterocycles. The van der Waals surface area contributed by atoms with E-state index < -0.39 is 0 Å². The van der Waals surface area contributed by atoms with Crippen molar-refractivity contribution in [3.63, 3.8) is 0 Å². The Morgan fingerprint density at radius 2 is 1.45 bits per heavy atom. The standard InChI is InChI=1S/C21H40N4O2S.C19H24N2/c22-13-9-15-23-14-7-5-3-1-2-4-6-10-17(26)11-8-12-19-20-18(16-28-19)24-21(27)25-20;1-20(2)14-7-15-21-18-10-5-3-8-16(18)12-13-17-9-4-6-11-19(17)21/h18-20,23H,1-16,22H2,(H2,24,25,27);3-6,8-11H,7,12-15H2,1-2H3/t18-,19-,20-;/m0./s1. The quantitative estimate of drug-likeness (QED) is 0.0841. The number of amides is 2. The van der Waals surface area contributed by atoms with Gasteiger partial charge in [0, 0.05) is 41.8 Å². The summed E-state index contributed by atoms with van der Waals surface area (Å²) in [5.41, 5.74) is 11.2. The molecule has 2 aromatic carbocycles. The van der Waals surface area contributed by atoms with E-state index in [2.05, 4.69) is 88.4 Å². The van der Waals surface area contributed by atoms with Crippen LogP contribution in [0.5, 0.6) is 0 Å². The molecule has 2 aromatic rings. The number of rotatable bonds is 21. The Balaban J connectivity index is 0.000000229. The first kappa shape index (κ1) is 39.2. The van der Waals surface area contributed by atoms with Crippen molar-refractivity contribution >= 4 is 35.0 Å². The molecule has 0 saturated carbocycles. The SMILES string of the molecule is CN(C)CCCN1c2ccccc2CCc2ccccc21.NCCCNCCCCCCCCCC(=O)CCC[C@@H]1SC[C@@H]2NC(=O)N[C@@H]21. The number of carbonyl (C=O) groups is 2. The third-order valence-electron chi connectivity index (χ3n) is 9.96. The minimum absolute atomic E-state index is 0.0319. The smallest absolute Gasteiger partial charge is 0.315 e. The zero-order valence-corrected chi connectivity index (χ0v) is 31.2. The van der Waals surface area contributed by atoms with Gasteiger partial charge in [0.1, 0.15) is 5.78 Å². The lowest BCUT2D eigenvalue weighted by atomic mass is 10.0. The molecule has 49 heavy (non-hydrogen) atoms. The number of hydrogen-bond donors (Lipinski definition) is 4. The van der Waals surface area contributed by atoms with E-state index in [1.54, 1.807) is 0 Å². The van der Waals surface area contributed by atoms with Gasteiger partial charge < -0.3 is 31.5 Å². The predicted octanol–water partition coefficient (Wildman–Crippen LogP) is 6.83. The largest absolute Gasteiger partial charge is 0.341 e. The monoisotopic (exact) mass is 692 g/mol. The van der Waals surface area contributed by atoms with Crippen molar-refractivity contribution < 1.29 is 9.59 Å². The summed E-state index contributed by atoms with van der Waals surface area (Å²) in [6, 6.07) is 18.2. The van der Waals surface area contributed by atoms with Gasteiger partial charge in [-0.25, -0.2) is 4.79 Å². The number of aryl methyl sites for hydroxylation is 2. The molecule has 5 rings (SSSR count). The number of fused-ring (bicyclic) bond motifs is 3. The predicted molar refractivity (Wildman–Crippen MR) is 208 cm³/mol. The number of nitrogens with one attached hydrogen (secondary N) is 3. The highest BCUT2D eigenvalue weighted by Gasteiger charge is 2.42. The molecule has 0 spiro atoms. The highest BCUT2D eigenvalue weighted by molar-refractivity contribution is 8.00. The second-order valence-electron chi connectivity index (χ2n) is 14.2.